The molecule has 4 rings (SSSR count). The van der Waals surface area contributed by atoms with Gasteiger partial charge in [0, 0.05) is 18.2 Å². The van der Waals surface area contributed by atoms with Gasteiger partial charge in [0.05, 0.1) is 11.3 Å². The molecule has 0 saturated heterocycles. The summed E-state index contributed by atoms with van der Waals surface area (Å²) >= 11 is 1.36. The van der Waals surface area contributed by atoms with Gasteiger partial charge in [-0.25, -0.2) is 9.78 Å². The molecule has 1 N–H and O–H groups in total. The topological polar surface area (TPSA) is 112 Å². The van der Waals surface area contributed by atoms with Crippen LogP contribution in [0.4, 0.5) is 5.69 Å². The number of fused-ring (bicyclic) bond motifs is 1. The molecule has 0 radical (unpaired) electrons. The Morgan fingerprint density at radius 1 is 1.09 bits per heavy atom. The van der Waals surface area contributed by atoms with Gasteiger partial charge >= 0.3 is 5.97 Å². The first-order chi connectivity index (χ1) is 17.0. The van der Waals surface area contributed by atoms with Crippen molar-refractivity contribution < 1.29 is 19.1 Å². The van der Waals surface area contributed by atoms with Crippen LogP contribution >= 0.6 is 11.3 Å². The maximum absolute atomic E-state index is 12.4. The number of nitrogens with zero attached hydrogens (tertiary/aromatic N) is 3. The number of rotatable bonds is 10. The van der Waals surface area contributed by atoms with Crippen LogP contribution in [0.1, 0.15) is 40.8 Å². The molecular weight excluding hydrogens is 468 g/mol. The Morgan fingerprint density at radius 2 is 1.86 bits per heavy atom. The maximum atomic E-state index is 12.4. The van der Waals surface area contributed by atoms with E-state index < -0.39 is 5.97 Å². The molecule has 2 aromatic heterocycles. The number of hydrogen-bond donors (Lipinski definition) is 1. The number of esters is 1. The van der Waals surface area contributed by atoms with Gasteiger partial charge in [-0.2, -0.15) is 9.61 Å². The standard InChI is InChI=1S/C25H24N4O5S/c1-2-3-9-22-28-29-23(31)14-19(27-25(29)35-22)15-34-24(32)17-10-12-18(13-11-17)26-21(30)16-33-20-7-5-4-6-8-20/h4-8,10-14H,2-3,9,15-16H2,1H3,(H,26,30). The molecule has 0 aliphatic rings. The average molecular weight is 493 g/mol. The van der Waals surface area contributed by atoms with E-state index in [-0.39, 0.29) is 24.7 Å². The van der Waals surface area contributed by atoms with Gasteiger partial charge in [-0.1, -0.05) is 42.9 Å². The molecule has 0 aliphatic carbocycles. The van der Waals surface area contributed by atoms with E-state index in [9.17, 15) is 14.4 Å². The summed E-state index contributed by atoms with van der Waals surface area (Å²) < 4.78 is 12.0. The molecule has 1 amide bonds. The van der Waals surface area contributed by atoms with Gasteiger partial charge in [-0.05, 0) is 42.8 Å². The summed E-state index contributed by atoms with van der Waals surface area (Å²) in [6, 6.07) is 16.6. The zero-order chi connectivity index (χ0) is 24.6. The predicted molar refractivity (Wildman–Crippen MR) is 132 cm³/mol. The Hall–Kier alpha value is -4.05. The fourth-order valence-electron chi connectivity index (χ4n) is 3.17. The van der Waals surface area contributed by atoms with Crippen LogP contribution < -0.4 is 15.6 Å². The molecule has 0 saturated carbocycles. The number of hydrogen-bond acceptors (Lipinski definition) is 8. The Labute approximate surface area is 205 Å². The van der Waals surface area contributed by atoms with Gasteiger partial charge in [0.25, 0.3) is 11.5 Å². The maximum Gasteiger partial charge on any atom is 0.338 e. The van der Waals surface area contributed by atoms with E-state index in [1.165, 1.54) is 21.9 Å². The number of unbranched alkanes of at least 4 members (excludes halogenated alkanes) is 1. The minimum atomic E-state index is -0.565. The van der Waals surface area contributed by atoms with Gasteiger partial charge in [0.15, 0.2) is 6.61 Å². The van der Waals surface area contributed by atoms with E-state index in [0.717, 1.165) is 24.3 Å². The van der Waals surface area contributed by atoms with Crippen LogP contribution in [-0.2, 0) is 22.6 Å². The summed E-state index contributed by atoms with van der Waals surface area (Å²) in [5.41, 5.74) is 0.876. The molecular formula is C25H24N4O5S. The van der Waals surface area contributed by atoms with Crippen LogP contribution in [0.2, 0.25) is 0 Å². The number of anilines is 1. The van der Waals surface area contributed by atoms with E-state index in [1.807, 2.05) is 18.2 Å². The van der Waals surface area contributed by atoms with Crippen LogP contribution in [0.25, 0.3) is 4.96 Å². The number of carbonyl (C=O) groups is 2. The molecule has 180 valence electrons. The minimum Gasteiger partial charge on any atom is -0.484 e. The number of ether oxygens (including phenoxy) is 2. The quantitative estimate of drug-likeness (QED) is 0.335. The van der Waals surface area contributed by atoms with Gasteiger partial charge in [-0.15, -0.1) is 0 Å². The first-order valence-electron chi connectivity index (χ1n) is 11.2. The number of para-hydroxylation sites is 1. The van der Waals surface area contributed by atoms with Crippen molar-refractivity contribution in [2.75, 3.05) is 11.9 Å². The van der Waals surface area contributed by atoms with Crippen LogP contribution in [-0.4, -0.2) is 33.1 Å². The Balaban J connectivity index is 1.30. The van der Waals surface area contributed by atoms with Crippen molar-refractivity contribution in [2.24, 2.45) is 0 Å². The van der Waals surface area contributed by atoms with E-state index >= 15 is 0 Å². The van der Waals surface area contributed by atoms with Crippen LogP contribution in [0, 0.1) is 0 Å². The van der Waals surface area contributed by atoms with Gasteiger partial charge in [-0.3, -0.25) is 9.59 Å². The number of aryl methyl sites for hydroxylation is 1. The lowest BCUT2D eigenvalue weighted by Gasteiger charge is -2.08. The second-order valence-corrected chi connectivity index (χ2v) is 8.72. The molecule has 0 bridgehead atoms. The molecule has 4 aromatic rings. The number of nitrogens with one attached hydrogen (secondary N) is 1. The van der Waals surface area contributed by atoms with Crippen molar-refractivity contribution in [3.63, 3.8) is 0 Å². The third kappa shape index (κ3) is 6.51. The monoisotopic (exact) mass is 492 g/mol. The summed E-state index contributed by atoms with van der Waals surface area (Å²) in [7, 11) is 0. The highest BCUT2D eigenvalue weighted by Crippen LogP contribution is 2.15. The van der Waals surface area contributed by atoms with E-state index in [1.54, 1.807) is 36.4 Å². The average Bonchev–Trinajstić information content (AvgIpc) is 3.29. The lowest BCUT2D eigenvalue weighted by atomic mass is 10.2. The molecule has 0 unspecified atom stereocenters. The van der Waals surface area contributed by atoms with E-state index in [2.05, 4.69) is 22.3 Å². The zero-order valence-corrected chi connectivity index (χ0v) is 19.9. The number of amides is 1. The zero-order valence-electron chi connectivity index (χ0n) is 19.1. The van der Waals surface area contributed by atoms with E-state index in [4.69, 9.17) is 9.47 Å². The Bertz CT molecular complexity index is 1370. The summed E-state index contributed by atoms with van der Waals surface area (Å²) in [4.78, 5) is 41.7. The van der Waals surface area contributed by atoms with Gasteiger partial charge < -0.3 is 14.8 Å². The SMILES string of the molecule is CCCCc1nn2c(=O)cc(COC(=O)c3ccc(NC(=O)COc4ccccc4)cc3)nc2s1. The fraction of sp³-hybridized carbons (Fsp3) is 0.240. The highest BCUT2D eigenvalue weighted by molar-refractivity contribution is 7.16. The molecule has 10 heteroatoms. The number of carbonyl (C=O) groups excluding carboxylic acids is 2. The molecule has 0 aliphatic heterocycles. The van der Waals surface area contributed by atoms with Crippen molar-refractivity contribution in [3.8, 4) is 5.75 Å². The van der Waals surface area contributed by atoms with Crippen LogP contribution in [0.3, 0.4) is 0 Å². The largest absolute Gasteiger partial charge is 0.484 e. The number of aromatic nitrogens is 3. The molecule has 0 spiro atoms. The molecule has 0 fully saturated rings. The molecule has 0 atom stereocenters. The molecule has 2 aromatic carbocycles. The lowest BCUT2D eigenvalue weighted by molar-refractivity contribution is -0.118. The van der Waals surface area contributed by atoms with Gasteiger partial charge in [0.2, 0.25) is 4.96 Å². The Kier molecular flexibility index (Phi) is 7.84. The highest BCUT2D eigenvalue weighted by Gasteiger charge is 2.12. The predicted octanol–water partition coefficient (Wildman–Crippen LogP) is 3.87. The normalized spacial score (nSPS) is 10.8. The second kappa shape index (κ2) is 11.4. The van der Waals surface area contributed by atoms with Crippen molar-refractivity contribution in [1.82, 2.24) is 14.6 Å². The summed E-state index contributed by atoms with van der Waals surface area (Å²) in [6.45, 7) is 1.82. The van der Waals surface area contributed by atoms with E-state index in [0.29, 0.717) is 27.7 Å². The molecule has 35 heavy (non-hydrogen) atoms. The highest BCUT2D eigenvalue weighted by atomic mass is 32.1. The van der Waals surface area contributed by atoms with Gasteiger partial charge in [0.1, 0.15) is 17.4 Å². The first-order valence-corrected chi connectivity index (χ1v) is 12.0. The molecule has 9 nitrogen and oxygen atoms in total. The minimum absolute atomic E-state index is 0.134. The first kappa shape index (κ1) is 24.1. The summed E-state index contributed by atoms with van der Waals surface area (Å²) in [5, 5.41) is 7.86. The fourth-order valence-corrected chi connectivity index (χ4v) is 4.13. The second-order valence-electron chi connectivity index (χ2n) is 7.68. The summed E-state index contributed by atoms with van der Waals surface area (Å²) in [5.74, 6) is -0.285. The lowest BCUT2D eigenvalue weighted by Crippen LogP contribution is -2.20. The number of benzene rings is 2. The Morgan fingerprint density at radius 3 is 2.60 bits per heavy atom. The van der Waals surface area contributed by atoms with Crippen molar-refractivity contribution in [3.05, 3.63) is 87.3 Å². The molecule has 2 heterocycles. The van der Waals surface area contributed by atoms with Crippen molar-refractivity contribution >= 4 is 33.9 Å². The van der Waals surface area contributed by atoms with Crippen LogP contribution in [0.5, 0.6) is 5.75 Å². The van der Waals surface area contributed by atoms with Crippen molar-refractivity contribution in [2.45, 2.75) is 32.8 Å². The van der Waals surface area contributed by atoms with Crippen LogP contribution in [0.15, 0.2) is 65.5 Å². The third-order valence-electron chi connectivity index (χ3n) is 4.95. The van der Waals surface area contributed by atoms with Crippen molar-refractivity contribution in [1.29, 1.82) is 0 Å². The smallest absolute Gasteiger partial charge is 0.338 e. The third-order valence-corrected chi connectivity index (χ3v) is 5.92. The summed E-state index contributed by atoms with van der Waals surface area (Å²) in [6.07, 6.45) is 2.82.